The van der Waals surface area contributed by atoms with Gasteiger partial charge in [-0.2, -0.15) is 0 Å². The molecule has 0 bridgehead atoms. The molecule has 0 aliphatic rings. The molecule has 0 radical (unpaired) electrons. The van der Waals surface area contributed by atoms with Gasteiger partial charge in [-0.3, -0.25) is 14.5 Å². The predicted molar refractivity (Wildman–Crippen MR) is 148 cm³/mol. The smallest absolute Gasteiger partial charge is 0.324 e. The number of rotatable bonds is 13. The van der Waals surface area contributed by atoms with Gasteiger partial charge in [0.2, 0.25) is 0 Å². The van der Waals surface area contributed by atoms with Crippen LogP contribution in [0.5, 0.6) is 0 Å². The molecule has 0 aliphatic heterocycles. The summed E-state index contributed by atoms with van der Waals surface area (Å²) < 4.78 is 11.6. The largest absolute Gasteiger partial charge is 0.460 e. The van der Waals surface area contributed by atoms with Crippen molar-refractivity contribution in [2.75, 3.05) is 6.61 Å². The van der Waals surface area contributed by atoms with Crippen LogP contribution in [0.2, 0.25) is 0 Å². The van der Waals surface area contributed by atoms with Gasteiger partial charge in [0.25, 0.3) is 0 Å². The fourth-order valence-electron chi connectivity index (χ4n) is 4.36. The molecule has 6 nitrogen and oxygen atoms in total. The lowest BCUT2D eigenvalue weighted by molar-refractivity contribution is -0.171. The molecule has 0 saturated heterocycles. The van der Waals surface area contributed by atoms with Crippen molar-refractivity contribution >= 4 is 11.9 Å². The SMILES string of the molecule is CC(C)(C)OC(=O)C(CCCO)C(C(=O)OCc1ccccc1)N(Cc1ccccc1)Cc1ccccc1. The van der Waals surface area contributed by atoms with Crippen LogP contribution in [0.3, 0.4) is 0 Å². The van der Waals surface area contributed by atoms with Crippen molar-refractivity contribution < 1.29 is 24.2 Å². The molecule has 0 heterocycles. The lowest BCUT2D eigenvalue weighted by Gasteiger charge is -2.36. The Hall–Kier alpha value is -3.48. The van der Waals surface area contributed by atoms with E-state index in [0.717, 1.165) is 16.7 Å². The van der Waals surface area contributed by atoms with Crippen molar-refractivity contribution in [3.8, 4) is 0 Å². The number of carbonyl (C=O) groups excluding carboxylic acids is 2. The molecule has 3 aromatic rings. The average molecular weight is 518 g/mol. The maximum atomic E-state index is 13.9. The first-order chi connectivity index (χ1) is 18.3. The summed E-state index contributed by atoms with van der Waals surface area (Å²) >= 11 is 0. The van der Waals surface area contributed by atoms with E-state index in [1.807, 2.05) is 117 Å². The van der Waals surface area contributed by atoms with Crippen LogP contribution in [-0.4, -0.2) is 40.2 Å². The summed E-state index contributed by atoms with van der Waals surface area (Å²) in [6, 6.07) is 28.3. The number of ether oxygens (including phenoxy) is 2. The van der Waals surface area contributed by atoms with Gasteiger partial charge >= 0.3 is 11.9 Å². The van der Waals surface area contributed by atoms with Crippen molar-refractivity contribution in [1.29, 1.82) is 0 Å². The van der Waals surface area contributed by atoms with Crippen molar-refractivity contribution in [2.24, 2.45) is 5.92 Å². The first kappa shape index (κ1) is 29.1. The number of carbonyl (C=O) groups is 2. The van der Waals surface area contributed by atoms with Gasteiger partial charge in [0, 0.05) is 19.7 Å². The van der Waals surface area contributed by atoms with E-state index < -0.39 is 29.5 Å². The number of hydrogen-bond acceptors (Lipinski definition) is 6. The predicted octanol–water partition coefficient (Wildman–Crippen LogP) is 5.53. The van der Waals surface area contributed by atoms with Crippen LogP contribution in [0, 0.1) is 5.92 Å². The highest BCUT2D eigenvalue weighted by atomic mass is 16.6. The van der Waals surface area contributed by atoms with Gasteiger partial charge in [0.05, 0.1) is 5.92 Å². The first-order valence-corrected chi connectivity index (χ1v) is 13.1. The van der Waals surface area contributed by atoms with Gasteiger partial charge < -0.3 is 14.6 Å². The molecule has 0 aromatic heterocycles. The molecule has 202 valence electrons. The van der Waals surface area contributed by atoms with Crippen LogP contribution in [0.15, 0.2) is 91.0 Å². The molecule has 1 N–H and O–H groups in total. The normalized spacial score (nSPS) is 13.1. The van der Waals surface area contributed by atoms with Crippen LogP contribution < -0.4 is 0 Å². The van der Waals surface area contributed by atoms with E-state index >= 15 is 0 Å². The molecule has 3 aromatic carbocycles. The molecule has 38 heavy (non-hydrogen) atoms. The second kappa shape index (κ2) is 14.5. The van der Waals surface area contributed by atoms with Crippen molar-refractivity contribution in [3.05, 3.63) is 108 Å². The maximum Gasteiger partial charge on any atom is 0.324 e. The lowest BCUT2D eigenvalue weighted by atomic mass is 9.91. The summed E-state index contributed by atoms with van der Waals surface area (Å²) in [5.41, 5.74) is 2.15. The molecule has 3 rings (SSSR count). The minimum absolute atomic E-state index is 0.0948. The Morgan fingerprint density at radius 1 is 0.763 bits per heavy atom. The van der Waals surface area contributed by atoms with Gasteiger partial charge in [-0.05, 0) is 50.3 Å². The van der Waals surface area contributed by atoms with Crippen LogP contribution >= 0.6 is 0 Å². The molecule has 2 unspecified atom stereocenters. The number of nitrogens with zero attached hydrogens (tertiary/aromatic N) is 1. The van der Waals surface area contributed by atoms with E-state index in [-0.39, 0.29) is 19.6 Å². The number of benzene rings is 3. The molecular weight excluding hydrogens is 478 g/mol. The quantitative estimate of drug-likeness (QED) is 0.301. The molecule has 6 heteroatoms. The first-order valence-electron chi connectivity index (χ1n) is 13.1. The van der Waals surface area contributed by atoms with Crippen molar-refractivity contribution in [1.82, 2.24) is 4.90 Å². The number of aliphatic hydroxyl groups excluding tert-OH is 1. The third-order valence-electron chi connectivity index (χ3n) is 6.08. The van der Waals surface area contributed by atoms with E-state index in [0.29, 0.717) is 19.5 Å². The summed E-state index contributed by atoms with van der Waals surface area (Å²) in [5, 5.41) is 9.63. The van der Waals surface area contributed by atoms with E-state index in [4.69, 9.17) is 9.47 Å². The minimum atomic E-state index is -0.916. The van der Waals surface area contributed by atoms with Gasteiger partial charge in [0.1, 0.15) is 18.2 Å². The zero-order chi connectivity index (χ0) is 27.4. The number of esters is 2. The van der Waals surface area contributed by atoms with Crippen molar-refractivity contribution in [2.45, 2.75) is 65.0 Å². The van der Waals surface area contributed by atoms with Crippen LogP contribution in [-0.2, 0) is 38.8 Å². The lowest BCUT2D eigenvalue weighted by Crippen LogP contribution is -2.50. The third-order valence-corrected chi connectivity index (χ3v) is 6.08. The molecule has 0 saturated carbocycles. The van der Waals surface area contributed by atoms with E-state index in [1.54, 1.807) is 0 Å². The Balaban J connectivity index is 2.01. The summed E-state index contributed by atoms with van der Waals surface area (Å²) in [7, 11) is 0. The molecule has 0 fully saturated rings. The second-order valence-electron chi connectivity index (χ2n) is 10.4. The highest BCUT2D eigenvalue weighted by Gasteiger charge is 2.41. The van der Waals surface area contributed by atoms with E-state index in [1.165, 1.54) is 0 Å². The Bertz CT molecular complexity index is 1070. The van der Waals surface area contributed by atoms with Crippen LogP contribution in [0.1, 0.15) is 50.3 Å². The Morgan fingerprint density at radius 3 is 1.68 bits per heavy atom. The fourth-order valence-corrected chi connectivity index (χ4v) is 4.36. The standard InChI is InChI=1S/C32H39NO5/c1-32(2,3)38-30(35)28(20-13-21-34)29(31(36)37-24-27-18-11-6-12-19-27)33(22-25-14-7-4-8-15-25)23-26-16-9-5-10-17-26/h4-12,14-19,28-29,34H,13,20-24H2,1-3H3. The summed E-state index contributed by atoms with van der Waals surface area (Å²) in [6.07, 6.45) is 0.646. The maximum absolute atomic E-state index is 13.9. The summed E-state index contributed by atoms with van der Waals surface area (Å²) in [4.78, 5) is 29.4. The van der Waals surface area contributed by atoms with Gasteiger partial charge in [-0.25, -0.2) is 0 Å². The average Bonchev–Trinajstić information content (AvgIpc) is 2.90. The molecule has 0 spiro atoms. The van der Waals surface area contributed by atoms with E-state index in [2.05, 4.69) is 0 Å². The molecule has 0 amide bonds. The Labute approximate surface area is 226 Å². The Morgan fingerprint density at radius 2 is 1.24 bits per heavy atom. The van der Waals surface area contributed by atoms with Crippen LogP contribution in [0.4, 0.5) is 0 Å². The monoisotopic (exact) mass is 517 g/mol. The highest BCUT2D eigenvalue weighted by molar-refractivity contribution is 5.85. The minimum Gasteiger partial charge on any atom is -0.460 e. The summed E-state index contributed by atoms with van der Waals surface area (Å²) in [5.74, 6) is -1.79. The van der Waals surface area contributed by atoms with Gasteiger partial charge in [0.15, 0.2) is 0 Å². The van der Waals surface area contributed by atoms with Gasteiger partial charge in [-0.15, -0.1) is 0 Å². The van der Waals surface area contributed by atoms with Crippen LogP contribution in [0.25, 0.3) is 0 Å². The molecule has 2 atom stereocenters. The highest BCUT2D eigenvalue weighted by Crippen LogP contribution is 2.27. The fraction of sp³-hybridized carbons (Fsp3) is 0.375. The second-order valence-corrected chi connectivity index (χ2v) is 10.4. The number of hydrogen-bond donors (Lipinski definition) is 1. The number of aliphatic hydroxyl groups is 1. The summed E-state index contributed by atoms with van der Waals surface area (Å²) in [6.45, 7) is 6.29. The Kier molecular flexibility index (Phi) is 11.1. The zero-order valence-electron chi connectivity index (χ0n) is 22.6. The molecule has 0 aliphatic carbocycles. The third kappa shape index (κ3) is 9.43. The molecular formula is C32H39NO5. The van der Waals surface area contributed by atoms with Gasteiger partial charge in [-0.1, -0.05) is 91.0 Å². The topological polar surface area (TPSA) is 76.1 Å². The van der Waals surface area contributed by atoms with Crippen molar-refractivity contribution in [3.63, 3.8) is 0 Å². The zero-order valence-corrected chi connectivity index (χ0v) is 22.6. The van der Waals surface area contributed by atoms with E-state index in [9.17, 15) is 14.7 Å².